The summed E-state index contributed by atoms with van der Waals surface area (Å²) in [6.07, 6.45) is 10.5. The summed E-state index contributed by atoms with van der Waals surface area (Å²) in [6, 6.07) is 20.6. The first-order valence-corrected chi connectivity index (χ1v) is 11.0. The molecule has 32 heavy (non-hydrogen) atoms. The highest BCUT2D eigenvalue weighted by molar-refractivity contribution is 7.20. The molecular weight excluding hydrogens is 417 g/mol. The summed E-state index contributed by atoms with van der Waals surface area (Å²) in [5.41, 5.74) is 10.5. The lowest BCUT2D eigenvalue weighted by molar-refractivity contribution is -0.519. The quantitative estimate of drug-likeness (QED) is 0.430. The number of nitrogens with one attached hydrogen (secondary N) is 1. The summed E-state index contributed by atoms with van der Waals surface area (Å²) in [5, 5.41) is 3.62. The lowest BCUT2D eigenvalue weighted by atomic mass is 9.27. The van der Waals surface area contributed by atoms with Gasteiger partial charge in [-0.3, -0.25) is 0 Å². The second-order valence-electron chi connectivity index (χ2n) is 8.24. The van der Waals surface area contributed by atoms with Gasteiger partial charge in [0.1, 0.15) is 19.7 Å². The van der Waals surface area contributed by atoms with Gasteiger partial charge in [0.2, 0.25) is 0 Å². The number of hydrogen-bond acceptors (Lipinski definition) is 1. The van der Waals surface area contributed by atoms with E-state index in [2.05, 4.69) is 63.7 Å². The van der Waals surface area contributed by atoms with E-state index in [1.165, 1.54) is 0 Å². The molecule has 2 heterocycles. The molecule has 0 aromatic heterocycles. The first-order chi connectivity index (χ1) is 15.6. The SMILES string of the molecule is C[N+](C)=C1C=CC(=C2C=C3C=C(Cl)[N][NH+]=C3[B-](c3ccccc3)(c3ccccc3)O2)C=C1. The third-order valence-electron chi connectivity index (χ3n) is 6.07. The molecule has 1 radical (unpaired) electrons. The Bertz CT molecular complexity index is 1220. The van der Waals surface area contributed by atoms with E-state index in [-0.39, 0.29) is 0 Å². The Hall–Kier alpha value is -3.57. The molecule has 2 aromatic carbocycles. The van der Waals surface area contributed by atoms with Crippen molar-refractivity contribution >= 4 is 40.2 Å². The van der Waals surface area contributed by atoms with Crippen LogP contribution < -0.4 is 21.5 Å². The molecule has 157 valence electrons. The second kappa shape index (κ2) is 8.17. The van der Waals surface area contributed by atoms with Crippen LogP contribution in [0.15, 0.2) is 119 Å². The fourth-order valence-corrected chi connectivity index (χ4v) is 4.63. The minimum atomic E-state index is -1.81. The van der Waals surface area contributed by atoms with Gasteiger partial charge in [0.05, 0.1) is 5.76 Å². The summed E-state index contributed by atoms with van der Waals surface area (Å²) in [4.78, 5) is 0. The molecule has 5 rings (SSSR count). The van der Waals surface area contributed by atoms with E-state index in [1.807, 2.05) is 62.6 Å². The predicted octanol–water partition coefficient (Wildman–Crippen LogP) is 1.47. The van der Waals surface area contributed by atoms with Gasteiger partial charge in [-0.25, -0.2) is 4.58 Å². The third kappa shape index (κ3) is 3.45. The number of nitrogens with zero attached hydrogens (tertiary/aromatic N) is 2. The maximum Gasteiger partial charge on any atom is 0.321 e. The van der Waals surface area contributed by atoms with Crippen molar-refractivity contribution in [3.8, 4) is 0 Å². The van der Waals surface area contributed by atoms with Gasteiger partial charge >= 0.3 is 6.35 Å². The molecule has 1 aliphatic carbocycles. The lowest BCUT2D eigenvalue weighted by Gasteiger charge is -2.45. The first kappa shape index (κ1) is 20.3. The maximum absolute atomic E-state index is 6.99. The zero-order valence-electron chi connectivity index (χ0n) is 18.0. The minimum absolute atomic E-state index is 0.412. The largest absolute Gasteiger partial charge is 0.699 e. The monoisotopic (exact) mass is 439 g/mol. The van der Waals surface area contributed by atoms with Crippen molar-refractivity contribution in [2.45, 2.75) is 0 Å². The summed E-state index contributed by atoms with van der Waals surface area (Å²) in [5.74, 6) is 0.797. The molecule has 0 saturated heterocycles. The van der Waals surface area contributed by atoms with Crippen LogP contribution in [0.25, 0.3) is 0 Å². The van der Waals surface area contributed by atoms with Crippen LogP contribution >= 0.6 is 11.6 Å². The Labute approximate surface area is 193 Å². The Morgan fingerprint density at radius 3 is 2.00 bits per heavy atom. The number of benzene rings is 2. The van der Waals surface area contributed by atoms with Crippen LogP contribution in [-0.4, -0.2) is 36.3 Å². The maximum atomic E-state index is 6.99. The van der Waals surface area contributed by atoms with Gasteiger partial charge in [-0.05, 0) is 24.3 Å². The van der Waals surface area contributed by atoms with E-state index < -0.39 is 6.35 Å². The minimum Gasteiger partial charge on any atom is -0.699 e. The highest BCUT2D eigenvalue weighted by Gasteiger charge is 2.46. The van der Waals surface area contributed by atoms with Gasteiger partial charge in [0.15, 0.2) is 10.9 Å². The van der Waals surface area contributed by atoms with Gasteiger partial charge < -0.3 is 4.65 Å². The van der Waals surface area contributed by atoms with E-state index in [4.69, 9.17) is 16.3 Å². The topological polar surface area (TPSA) is 40.3 Å². The van der Waals surface area contributed by atoms with Crippen molar-refractivity contribution in [2.24, 2.45) is 0 Å². The van der Waals surface area contributed by atoms with Crippen molar-refractivity contribution in [3.63, 3.8) is 0 Å². The van der Waals surface area contributed by atoms with Crippen molar-refractivity contribution in [3.05, 3.63) is 119 Å². The number of fused-ring (bicyclic) bond motifs is 1. The predicted molar refractivity (Wildman–Crippen MR) is 132 cm³/mol. The Morgan fingerprint density at radius 2 is 1.44 bits per heavy atom. The van der Waals surface area contributed by atoms with Crippen molar-refractivity contribution in [1.82, 2.24) is 5.43 Å². The van der Waals surface area contributed by atoms with Crippen LogP contribution in [-0.2, 0) is 4.65 Å². The van der Waals surface area contributed by atoms with Crippen molar-refractivity contribution in [2.75, 3.05) is 14.1 Å². The van der Waals surface area contributed by atoms with Crippen molar-refractivity contribution < 1.29 is 14.3 Å². The van der Waals surface area contributed by atoms with E-state index in [9.17, 15) is 0 Å². The Balaban J connectivity index is 1.77. The summed E-state index contributed by atoms with van der Waals surface area (Å²) < 4.78 is 9.08. The molecule has 0 spiro atoms. The lowest BCUT2D eigenvalue weighted by Crippen LogP contribution is -2.89. The zero-order chi connectivity index (χ0) is 22.1. The molecule has 4 nitrogen and oxygen atoms in total. The van der Waals surface area contributed by atoms with E-state index in [0.29, 0.717) is 5.16 Å². The second-order valence-corrected chi connectivity index (χ2v) is 8.62. The highest BCUT2D eigenvalue weighted by atomic mass is 35.5. The van der Waals surface area contributed by atoms with Gasteiger partial charge in [0, 0.05) is 28.7 Å². The molecule has 3 aliphatic rings. The molecule has 0 fully saturated rings. The van der Waals surface area contributed by atoms with Gasteiger partial charge in [-0.2, -0.15) is 10.9 Å². The molecule has 0 unspecified atom stereocenters. The average Bonchev–Trinajstić information content (AvgIpc) is 2.84. The molecule has 0 saturated carbocycles. The third-order valence-corrected chi connectivity index (χ3v) is 6.27. The van der Waals surface area contributed by atoms with Gasteiger partial charge in [-0.15, -0.1) is 5.10 Å². The van der Waals surface area contributed by atoms with Crippen LogP contribution in [0, 0.1) is 0 Å². The Morgan fingerprint density at radius 1 is 0.844 bits per heavy atom. The summed E-state index contributed by atoms with van der Waals surface area (Å²) in [7, 11) is 4.07. The standard InChI is InChI=1S/C26H23BClN3O/c1-31(2)23-15-13-19(14-16-23)24-17-20-18-25(28)29-30-26(20)27(32-24,21-9-5-3-6-10-21)22-11-7-4-8-12-22/h3-18,30H,1-2H3/q+1. The number of halogens is 1. The first-order valence-electron chi connectivity index (χ1n) is 10.6. The molecule has 2 aliphatic heterocycles. The van der Waals surface area contributed by atoms with E-state index >= 15 is 0 Å². The molecule has 0 bridgehead atoms. The average molecular weight is 440 g/mol. The fraction of sp³-hybridized carbons (Fsp3) is 0.0769. The van der Waals surface area contributed by atoms with E-state index in [1.54, 1.807) is 0 Å². The Kier molecular flexibility index (Phi) is 5.20. The van der Waals surface area contributed by atoms with Crippen LogP contribution in [0.1, 0.15) is 0 Å². The highest BCUT2D eigenvalue weighted by Crippen LogP contribution is 2.29. The van der Waals surface area contributed by atoms with Crippen LogP contribution in [0.4, 0.5) is 0 Å². The molecule has 0 amide bonds. The van der Waals surface area contributed by atoms with Gasteiger partial charge in [0.25, 0.3) is 0 Å². The fourth-order valence-electron chi connectivity index (χ4n) is 4.47. The van der Waals surface area contributed by atoms with Crippen molar-refractivity contribution in [1.29, 1.82) is 0 Å². The number of hydrogen-bond donors (Lipinski definition) is 1. The summed E-state index contributed by atoms with van der Waals surface area (Å²) in [6.45, 7) is 0. The van der Waals surface area contributed by atoms with Crippen LogP contribution in [0.2, 0.25) is 0 Å². The molecule has 0 atom stereocenters. The van der Waals surface area contributed by atoms with Crippen LogP contribution in [0.3, 0.4) is 0 Å². The molecule has 6 heteroatoms. The number of allylic oxidation sites excluding steroid dienone is 8. The molecular formula is C26H23BClN3O+. The summed E-state index contributed by atoms with van der Waals surface area (Å²) >= 11 is 6.30. The zero-order valence-corrected chi connectivity index (χ0v) is 18.8. The van der Waals surface area contributed by atoms with Crippen LogP contribution in [0.5, 0.6) is 0 Å². The molecule has 1 N–H and O–H groups in total. The van der Waals surface area contributed by atoms with E-state index in [0.717, 1.165) is 39.2 Å². The van der Waals surface area contributed by atoms with Gasteiger partial charge in [-0.1, -0.05) is 72.3 Å². The normalized spacial score (nSPS) is 18.7. The number of rotatable bonds is 2. The molecule has 2 aromatic rings. The smallest absolute Gasteiger partial charge is 0.321 e.